The van der Waals surface area contributed by atoms with Crippen LogP contribution in [0, 0.1) is 0 Å². The molecule has 66 valence electrons. The summed E-state index contributed by atoms with van der Waals surface area (Å²) in [5.74, 6) is 0. The van der Waals surface area contributed by atoms with Crippen LogP contribution in [0.15, 0.2) is 0 Å². The van der Waals surface area contributed by atoms with Gasteiger partial charge in [-0.2, -0.15) is 12.6 Å². The Labute approximate surface area is 77.4 Å². The van der Waals surface area contributed by atoms with Gasteiger partial charge in [0.25, 0.3) is 0 Å². The fraction of sp³-hybridized carbons (Fsp3) is 0.750. The number of nitrogens with one attached hydrogen (secondary N) is 1. The summed E-state index contributed by atoms with van der Waals surface area (Å²) in [6.45, 7) is 0. The van der Waals surface area contributed by atoms with E-state index in [0.717, 1.165) is 18.5 Å². The summed E-state index contributed by atoms with van der Waals surface area (Å²) in [6.07, 6.45) is 6.02. The number of fused-ring (bicyclic) bond motifs is 1. The topological polar surface area (TPSA) is 41.6 Å². The largest absolute Gasteiger partial charge is 0.262 e. The van der Waals surface area contributed by atoms with Crippen molar-refractivity contribution in [2.45, 2.75) is 37.4 Å². The minimum absolute atomic E-state index is 0.291. The first-order valence-corrected chi connectivity index (χ1v) is 4.97. The van der Waals surface area contributed by atoms with Crippen molar-refractivity contribution >= 4 is 12.6 Å². The summed E-state index contributed by atoms with van der Waals surface area (Å²) in [5.41, 5.74) is 2.26. The maximum absolute atomic E-state index is 4.50. The molecular formula is C8H13N3S. The summed E-state index contributed by atoms with van der Waals surface area (Å²) >= 11 is 4.50. The van der Waals surface area contributed by atoms with Gasteiger partial charge in [0.1, 0.15) is 0 Å². The molecule has 3 nitrogen and oxygen atoms in total. The Morgan fingerprint density at radius 2 is 2.25 bits per heavy atom. The predicted octanol–water partition coefficient (Wildman–Crippen LogP) is 1.89. The number of hydrogen-bond donors (Lipinski definition) is 2. The molecule has 1 aliphatic rings. The van der Waals surface area contributed by atoms with E-state index >= 15 is 0 Å². The zero-order chi connectivity index (χ0) is 8.39. The van der Waals surface area contributed by atoms with E-state index in [1.54, 1.807) is 0 Å². The van der Waals surface area contributed by atoms with Crippen molar-refractivity contribution in [1.82, 2.24) is 15.4 Å². The van der Waals surface area contributed by atoms with E-state index in [0.29, 0.717) is 5.25 Å². The number of rotatable bonds is 0. The van der Waals surface area contributed by atoms with Crippen molar-refractivity contribution in [1.29, 1.82) is 0 Å². The van der Waals surface area contributed by atoms with E-state index in [2.05, 4.69) is 28.0 Å². The first-order valence-electron chi connectivity index (χ1n) is 4.46. The van der Waals surface area contributed by atoms with E-state index in [1.165, 1.54) is 25.0 Å². The molecule has 12 heavy (non-hydrogen) atoms. The fourth-order valence-electron chi connectivity index (χ4n) is 1.66. The number of aromatic nitrogens is 3. The van der Waals surface area contributed by atoms with Gasteiger partial charge in [-0.1, -0.05) is 18.1 Å². The van der Waals surface area contributed by atoms with Crippen molar-refractivity contribution in [3.05, 3.63) is 11.4 Å². The van der Waals surface area contributed by atoms with Crippen LogP contribution in [0.3, 0.4) is 0 Å². The minimum atomic E-state index is 0.291. The molecule has 0 unspecified atom stereocenters. The smallest absolute Gasteiger partial charge is 0.0983 e. The molecule has 0 amide bonds. The number of aryl methyl sites for hydroxylation is 1. The highest BCUT2D eigenvalue weighted by Gasteiger charge is 2.17. The molecule has 4 heteroatoms. The van der Waals surface area contributed by atoms with Crippen molar-refractivity contribution in [2.24, 2.45) is 0 Å². The van der Waals surface area contributed by atoms with Gasteiger partial charge in [-0.25, -0.2) is 0 Å². The van der Waals surface area contributed by atoms with Gasteiger partial charge >= 0.3 is 0 Å². The highest BCUT2D eigenvalue weighted by molar-refractivity contribution is 7.80. The fourth-order valence-corrected chi connectivity index (χ4v) is 2.05. The molecule has 1 atom stereocenters. The van der Waals surface area contributed by atoms with Crippen LogP contribution in [-0.4, -0.2) is 15.4 Å². The van der Waals surface area contributed by atoms with Gasteiger partial charge in [-0.05, 0) is 19.3 Å². The summed E-state index contributed by atoms with van der Waals surface area (Å²) in [7, 11) is 0. The summed E-state index contributed by atoms with van der Waals surface area (Å²) in [4.78, 5) is 0. The Kier molecular flexibility index (Phi) is 2.35. The third-order valence-corrected chi connectivity index (χ3v) is 2.87. The van der Waals surface area contributed by atoms with E-state index < -0.39 is 0 Å². The predicted molar refractivity (Wildman–Crippen MR) is 50.3 cm³/mol. The molecule has 1 aromatic heterocycles. The van der Waals surface area contributed by atoms with Crippen LogP contribution < -0.4 is 0 Å². The lowest BCUT2D eigenvalue weighted by Crippen LogP contribution is -2.01. The monoisotopic (exact) mass is 183 g/mol. The molecule has 0 saturated carbocycles. The van der Waals surface area contributed by atoms with Gasteiger partial charge < -0.3 is 0 Å². The number of H-pyrrole nitrogens is 1. The summed E-state index contributed by atoms with van der Waals surface area (Å²) < 4.78 is 0. The molecule has 0 fully saturated rings. The molecule has 0 aliphatic heterocycles. The van der Waals surface area contributed by atoms with Crippen LogP contribution >= 0.6 is 12.6 Å². The van der Waals surface area contributed by atoms with Crippen molar-refractivity contribution < 1.29 is 0 Å². The van der Waals surface area contributed by atoms with Gasteiger partial charge in [-0.15, -0.1) is 5.10 Å². The molecule has 1 heterocycles. The van der Waals surface area contributed by atoms with E-state index in [9.17, 15) is 0 Å². The second-order valence-corrected chi connectivity index (χ2v) is 3.91. The molecule has 0 radical (unpaired) electrons. The average molecular weight is 183 g/mol. The SMILES string of the molecule is S[C@H]1CCCCCc2[nH]nnc21. The Bertz CT molecular complexity index is 259. The van der Waals surface area contributed by atoms with Crippen LogP contribution in [0.1, 0.15) is 42.3 Å². The molecular weight excluding hydrogens is 170 g/mol. The summed E-state index contributed by atoms with van der Waals surface area (Å²) in [6, 6.07) is 0. The quantitative estimate of drug-likeness (QED) is 0.603. The normalized spacial score (nSPS) is 24.2. The molecule has 0 aromatic carbocycles. The standard InChI is InChI=1S/C8H13N3S/c12-7-5-3-1-2-4-6-8(7)10-11-9-6/h7,12H,1-5H2,(H,9,10,11)/t7-/m0/s1. The zero-order valence-electron chi connectivity index (χ0n) is 6.95. The number of thiol groups is 1. The molecule has 2 rings (SSSR count). The Balaban J connectivity index is 2.25. The Hall–Kier alpha value is -0.510. The van der Waals surface area contributed by atoms with Crippen molar-refractivity contribution in [3.8, 4) is 0 Å². The van der Waals surface area contributed by atoms with Crippen molar-refractivity contribution in [2.75, 3.05) is 0 Å². The summed E-state index contributed by atoms with van der Waals surface area (Å²) in [5, 5.41) is 11.1. The van der Waals surface area contributed by atoms with Crippen LogP contribution in [0.2, 0.25) is 0 Å². The Morgan fingerprint density at radius 1 is 1.33 bits per heavy atom. The second kappa shape index (κ2) is 3.47. The van der Waals surface area contributed by atoms with Gasteiger partial charge in [0, 0.05) is 5.25 Å². The molecule has 0 bridgehead atoms. The number of nitrogens with zero attached hydrogens (tertiary/aromatic N) is 2. The van der Waals surface area contributed by atoms with Crippen LogP contribution in [-0.2, 0) is 6.42 Å². The molecule has 0 spiro atoms. The van der Waals surface area contributed by atoms with E-state index in [1.807, 2.05) is 0 Å². The molecule has 1 N–H and O–H groups in total. The van der Waals surface area contributed by atoms with E-state index in [-0.39, 0.29) is 0 Å². The highest BCUT2D eigenvalue weighted by Crippen LogP contribution is 2.29. The average Bonchev–Trinajstić information content (AvgIpc) is 2.47. The maximum Gasteiger partial charge on any atom is 0.0983 e. The van der Waals surface area contributed by atoms with Crippen LogP contribution in [0.25, 0.3) is 0 Å². The lowest BCUT2D eigenvalue weighted by molar-refractivity contribution is 0.603. The number of aromatic amines is 1. The van der Waals surface area contributed by atoms with Crippen molar-refractivity contribution in [3.63, 3.8) is 0 Å². The first-order chi connectivity index (χ1) is 5.88. The maximum atomic E-state index is 4.50. The van der Waals surface area contributed by atoms with E-state index in [4.69, 9.17) is 0 Å². The Morgan fingerprint density at radius 3 is 3.17 bits per heavy atom. The van der Waals surface area contributed by atoms with Gasteiger partial charge in [0.2, 0.25) is 0 Å². The number of hydrogen-bond acceptors (Lipinski definition) is 3. The lowest BCUT2D eigenvalue weighted by Gasteiger charge is -2.12. The molecule has 0 saturated heterocycles. The van der Waals surface area contributed by atoms with Crippen LogP contribution in [0.5, 0.6) is 0 Å². The zero-order valence-corrected chi connectivity index (χ0v) is 7.85. The van der Waals surface area contributed by atoms with Gasteiger partial charge in [0.05, 0.1) is 11.4 Å². The third kappa shape index (κ3) is 1.48. The second-order valence-electron chi connectivity index (χ2n) is 3.29. The van der Waals surface area contributed by atoms with Gasteiger partial charge in [0.15, 0.2) is 0 Å². The highest BCUT2D eigenvalue weighted by atomic mass is 32.1. The van der Waals surface area contributed by atoms with Crippen LogP contribution in [0.4, 0.5) is 0 Å². The first kappa shape index (κ1) is 8.10. The van der Waals surface area contributed by atoms with Gasteiger partial charge in [-0.3, -0.25) is 5.10 Å². The minimum Gasteiger partial charge on any atom is -0.262 e. The molecule has 1 aliphatic carbocycles. The molecule has 1 aromatic rings. The lowest BCUT2D eigenvalue weighted by atomic mass is 10.0. The third-order valence-electron chi connectivity index (χ3n) is 2.37.